The topological polar surface area (TPSA) is 68.0 Å². The van der Waals surface area contributed by atoms with Gasteiger partial charge in [0.2, 0.25) is 5.91 Å². The first-order chi connectivity index (χ1) is 8.34. The van der Waals surface area contributed by atoms with Crippen LogP contribution in [0.4, 0.5) is 18.9 Å². The van der Waals surface area contributed by atoms with Crippen LogP contribution in [0.15, 0.2) is 18.3 Å². The van der Waals surface area contributed by atoms with Crippen molar-refractivity contribution in [3.8, 4) is 0 Å². The van der Waals surface area contributed by atoms with Crippen LogP contribution < -0.4 is 11.1 Å². The van der Waals surface area contributed by atoms with Gasteiger partial charge in [-0.05, 0) is 25.1 Å². The molecule has 3 N–H and O–H groups in total. The van der Waals surface area contributed by atoms with Gasteiger partial charge in [-0.15, -0.1) is 0 Å². The number of nitrogens with two attached hydrogens (primary N) is 1. The highest BCUT2D eigenvalue weighted by Crippen LogP contribution is 2.27. The fourth-order valence-corrected chi connectivity index (χ4v) is 1.28. The maximum absolute atomic E-state index is 12.2. The Hall–Kier alpha value is -1.63. The third-order valence-electron chi connectivity index (χ3n) is 2.37. The van der Waals surface area contributed by atoms with Gasteiger partial charge in [-0.3, -0.25) is 4.79 Å². The van der Waals surface area contributed by atoms with Gasteiger partial charge in [-0.25, -0.2) is 4.98 Å². The van der Waals surface area contributed by atoms with E-state index in [2.05, 4.69) is 10.3 Å². The summed E-state index contributed by atoms with van der Waals surface area (Å²) in [5.41, 5.74) is 4.55. The third-order valence-corrected chi connectivity index (χ3v) is 2.37. The normalized spacial score (nSPS) is 13.2. The molecule has 100 valence electrons. The second-order valence-electron chi connectivity index (χ2n) is 3.90. The molecule has 1 aromatic rings. The molecule has 1 heterocycles. The number of aromatic nitrogens is 1. The van der Waals surface area contributed by atoms with Crippen LogP contribution in [0.25, 0.3) is 0 Å². The molecular weight excluding hydrogens is 247 g/mol. The van der Waals surface area contributed by atoms with E-state index in [1.807, 2.05) is 0 Å². The number of alkyl halides is 3. The number of halogens is 3. The second kappa shape index (κ2) is 5.81. The molecule has 0 saturated carbocycles. The first kappa shape index (κ1) is 14.4. The fraction of sp³-hybridized carbons (Fsp3) is 0.455. The minimum absolute atomic E-state index is 0.233. The van der Waals surface area contributed by atoms with Gasteiger partial charge in [0.15, 0.2) is 0 Å². The molecule has 18 heavy (non-hydrogen) atoms. The molecule has 1 aromatic heterocycles. The minimum Gasteiger partial charge on any atom is -0.330 e. The van der Waals surface area contributed by atoms with Crippen molar-refractivity contribution in [3.05, 3.63) is 24.0 Å². The van der Waals surface area contributed by atoms with E-state index in [1.54, 1.807) is 6.92 Å². The Balaban J connectivity index is 2.67. The number of carbonyl (C=O) groups is 1. The van der Waals surface area contributed by atoms with E-state index < -0.39 is 11.9 Å². The van der Waals surface area contributed by atoms with Crippen molar-refractivity contribution < 1.29 is 18.0 Å². The number of hydrogen-bond acceptors (Lipinski definition) is 3. The molecule has 0 radical (unpaired) electrons. The van der Waals surface area contributed by atoms with E-state index in [0.29, 0.717) is 13.0 Å². The van der Waals surface area contributed by atoms with E-state index in [-0.39, 0.29) is 17.5 Å². The Morgan fingerprint density at radius 3 is 2.61 bits per heavy atom. The summed E-state index contributed by atoms with van der Waals surface area (Å²) in [6.45, 7) is 2.07. The summed E-state index contributed by atoms with van der Waals surface area (Å²) in [7, 11) is 0. The molecule has 1 atom stereocenters. The highest BCUT2D eigenvalue weighted by atomic mass is 19.4. The average Bonchev–Trinajstić information content (AvgIpc) is 2.28. The maximum Gasteiger partial charge on any atom is 0.433 e. The average molecular weight is 261 g/mol. The van der Waals surface area contributed by atoms with Gasteiger partial charge >= 0.3 is 6.18 Å². The summed E-state index contributed by atoms with van der Waals surface area (Å²) >= 11 is 0. The number of rotatable bonds is 4. The number of hydrogen-bond donors (Lipinski definition) is 2. The Kier molecular flexibility index (Phi) is 4.66. The zero-order valence-electron chi connectivity index (χ0n) is 9.79. The van der Waals surface area contributed by atoms with Crippen molar-refractivity contribution >= 4 is 11.6 Å². The van der Waals surface area contributed by atoms with Gasteiger partial charge in [-0.2, -0.15) is 13.2 Å². The van der Waals surface area contributed by atoms with Crippen LogP contribution in [0.3, 0.4) is 0 Å². The van der Waals surface area contributed by atoms with Crippen LogP contribution in [0.5, 0.6) is 0 Å². The predicted octanol–water partition coefficient (Wildman–Crippen LogP) is 2.02. The molecule has 0 aliphatic heterocycles. The van der Waals surface area contributed by atoms with E-state index >= 15 is 0 Å². The van der Waals surface area contributed by atoms with Gasteiger partial charge in [0.1, 0.15) is 5.69 Å². The first-order valence-corrected chi connectivity index (χ1v) is 5.38. The molecule has 7 heteroatoms. The summed E-state index contributed by atoms with van der Waals surface area (Å²) in [6.07, 6.45) is -2.98. The molecule has 4 nitrogen and oxygen atoms in total. The number of nitrogens with zero attached hydrogens (tertiary/aromatic N) is 1. The van der Waals surface area contributed by atoms with E-state index in [0.717, 1.165) is 12.3 Å². The SMILES string of the molecule is CC(CCN)C(=O)Nc1ccc(C(F)(F)F)nc1. The standard InChI is InChI=1S/C11H14F3N3O/c1-7(4-5-15)10(18)17-8-2-3-9(16-6-8)11(12,13)14/h2-3,6-7H,4-5,15H2,1H3,(H,17,18). The zero-order chi connectivity index (χ0) is 13.8. The Labute approximate surface area is 102 Å². The molecule has 0 aliphatic carbocycles. The molecule has 0 aromatic carbocycles. The van der Waals surface area contributed by atoms with Crippen molar-refractivity contribution in [3.63, 3.8) is 0 Å². The molecule has 0 bridgehead atoms. The predicted molar refractivity (Wildman–Crippen MR) is 60.7 cm³/mol. The highest BCUT2D eigenvalue weighted by Gasteiger charge is 2.32. The van der Waals surface area contributed by atoms with Gasteiger partial charge in [-0.1, -0.05) is 6.92 Å². The number of anilines is 1. The number of nitrogens with one attached hydrogen (secondary N) is 1. The van der Waals surface area contributed by atoms with E-state index in [9.17, 15) is 18.0 Å². The molecule has 0 fully saturated rings. The van der Waals surface area contributed by atoms with Crippen LogP contribution >= 0.6 is 0 Å². The molecular formula is C11H14F3N3O. The monoisotopic (exact) mass is 261 g/mol. The van der Waals surface area contributed by atoms with E-state index in [4.69, 9.17) is 5.73 Å². The van der Waals surface area contributed by atoms with Crippen molar-refractivity contribution in [1.29, 1.82) is 0 Å². The quantitative estimate of drug-likeness (QED) is 0.871. The van der Waals surface area contributed by atoms with Crippen molar-refractivity contribution in [2.75, 3.05) is 11.9 Å². The molecule has 1 rings (SSSR count). The molecule has 0 saturated heterocycles. The first-order valence-electron chi connectivity index (χ1n) is 5.38. The lowest BCUT2D eigenvalue weighted by Gasteiger charge is -2.11. The van der Waals surface area contributed by atoms with Crippen LogP contribution in [-0.2, 0) is 11.0 Å². The second-order valence-corrected chi connectivity index (χ2v) is 3.90. The summed E-state index contributed by atoms with van der Waals surface area (Å²) in [5.74, 6) is -0.584. The summed E-state index contributed by atoms with van der Waals surface area (Å²) in [5, 5.41) is 2.48. The summed E-state index contributed by atoms with van der Waals surface area (Å²) < 4.78 is 36.7. The van der Waals surface area contributed by atoms with Gasteiger partial charge in [0.25, 0.3) is 0 Å². The molecule has 1 amide bonds. The largest absolute Gasteiger partial charge is 0.433 e. The number of carbonyl (C=O) groups excluding carboxylic acids is 1. The minimum atomic E-state index is -4.48. The maximum atomic E-state index is 12.2. The molecule has 0 spiro atoms. The van der Waals surface area contributed by atoms with Gasteiger partial charge in [0.05, 0.1) is 11.9 Å². The van der Waals surface area contributed by atoms with Gasteiger partial charge < -0.3 is 11.1 Å². The lowest BCUT2D eigenvalue weighted by atomic mass is 10.1. The third kappa shape index (κ3) is 3.99. The summed E-state index contributed by atoms with van der Waals surface area (Å²) in [6, 6.07) is 1.99. The Morgan fingerprint density at radius 1 is 1.50 bits per heavy atom. The number of amides is 1. The van der Waals surface area contributed by atoms with Crippen LogP contribution in [-0.4, -0.2) is 17.4 Å². The highest BCUT2D eigenvalue weighted by molar-refractivity contribution is 5.92. The molecule has 1 unspecified atom stereocenters. The fourth-order valence-electron chi connectivity index (χ4n) is 1.28. The van der Waals surface area contributed by atoms with Crippen LogP contribution in [0, 0.1) is 5.92 Å². The van der Waals surface area contributed by atoms with Crippen molar-refractivity contribution in [2.24, 2.45) is 11.7 Å². The van der Waals surface area contributed by atoms with Crippen LogP contribution in [0.1, 0.15) is 19.0 Å². The Morgan fingerprint density at radius 2 is 2.17 bits per heavy atom. The number of pyridine rings is 1. The van der Waals surface area contributed by atoms with E-state index in [1.165, 1.54) is 6.07 Å². The lowest BCUT2D eigenvalue weighted by Crippen LogP contribution is -2.22. The van der Waals surface area contributed by atoms with Crippen molar-refractivity contribution in [1.82, 2.24) is 4.98 Å². The smallest absolute Gasteiger partial charge is 0.330 e. The lowest BCUT2D eigenvalue weighted by molar-refractivity contribution is -0.141. The van der Waals surface area contributed by atoms with Crippen LogP contribution in [0.2, 0.25) is 0 Å². The Bertz CT molecular complexity index is 403. The summed E-state index contributed by atoms with van der Waals surface area (Å²) in [4.78, 5) is 14.8. The zero-order valence-corrected chi connectivity index (χ0v) is 9.79. The molecule has 0 aliphatic rings. The van der Waals surface area contributed by atoms with Crippen molar-refractivity contribution in [2.45, 2.75) is 19.5 Å². The van der Waals surface area contributed by atoms with Gasteiger partial charge in [0, 0.05) is 5.92 Å².